The molecule has 1 saturated heterocycles. The lowest BCUT2D eigenvalue weighted by molar-refractivity contribution is -0.0553. The highest BCUT2D eigenvalue weighted by atomic mass is 19.3. The molecule has 2 N–H and O–H groups in total. The van der Waals surface area contributed by atoms with E-state index in [4.69, 9.17) is 5.26 Å². The number of benzene rings is 2. The normalized spacial score (nSPS) is 21.2. The highest BCUT2D eigenvalue weighted by Gasteiger charge is 2.37. The molecule has 3 aromatic rings. The summed E-state index contributed by atoms with van der Waals surface area (Å²) in [7, 11) is 0. The molecule has 2 aliphatic heterocycles. The summed E-state index contributed by atoms with van der Waals surface area (Å²) < 4.78 is 53.9. The Morgan fingerprint density at radius 2 is 1.79 bits per heavy atom. The number of H-pyrrole nitrogens is 1. The minimum atomic E-state index is -2.37. The average Bonchev–Trinajstić information content (AvgIpc) is 2.91. The number of aromatic amines is 1. The lowest BCUT2D eigenvalue weighted by atomic mass is 9.88. The van der Waals surface area contributed by atoms with E-state index in [2.05, 4.69) is 20.4 Å². The van der Waals surface area contributed by atoms with Crippen molar-refractivity contribution in [3.63, 3.8) is 0 Å². The molecule has 200 valence electrons. The average molecular weight is 528 g/mol. The third-order valence-corrected chi connectivity index (χ3v) is 7.81. The van der Waals surface area contributed by atoms with Crippen LogP contribution in [0, 0.1) is 23.0 Å². The Hall–Kier alpha value is -3.45. The van der Waals surface area contributed by atoms with E-state index in [0.29, 0.717) is 47.8 Å². The van der Waals surface area contributed by atoms with Crippen LogP contribution in [0.2, 0.25) is 0 Å². The first-order chi connectivity index (χ1) is 18.3. The molecule has 1 unspecified atom stereocenters. The molecule has 1 aliphatic carbocycles. The number of nitriles is 1. The molecule has 1 atom stereocenters. The van der Waals surface area contributed by atoms with Crippen molar-refractivity contribution >= 4 is 16.5 Å². The van der Waals surface area contributed by atoms with E-state index in [9.17, 15) is 22.4 Å². The first kappa shape index (κ1) is 26.2. The molecule has 6 rings (SSSR count). The molecule has 2 fully saturated rings. The molecule has 3 heterocycles. The van der Waals surface area contributed by atoms with Gasteiger partial charge in [-0.15, -0.1) is 0 Å². The molecule has 0 bridgehead atoms. The summed E-state index contributed by atoms with van der Waals surface area (Å²) in [5, 5.41) is 19.0. The Bertz CT molecular complexity index is 1420. The van der Waals surface area contributed by atoms with E-state index in [1.54, 1.807) is 0 Å². The van der Waals surface area contributed by atoms with Gasteiger partial charge < -0.3 is 10.2 Å². The topological polar surface area (TPSA) is 84.8 Å². The van der Waals surface area contributed by atoms with Gasteiger partial charge in [-0.05, 0) is 68.6 Å². The van der Waals surface area contributed by atoms with Crippen LogP contribution in [-0.4, -0.2) is 46.7 Å². The molecule has 38 heavy (non-hydrogen) atoms. The maximum absolute atomic E-state index is 14.4. The van der Waals surface area contributed by atoms with Crippen molar-refractivity contribution in [1.82, 2.24) is 15.1 Å². The van der Waals surface area contributed by atoms with Gasteiger partial charge in [0.15, 0.2) is 0 Å². The van der Waals surface area contributed by atoms with Crippen LogP contribution in [0.15, 0.2) is 35.1 Å². The monoisotopic (exact) mass is 527 g/mol. The Labute approximate surface area is 217 Å². The highest BCUT2D eigenvalue weighted by molar-refractivity contribution is 5.97. The molecular formula is C28H29F4N5O. The van der Waals surface area contributed by atoms with Gasteiger partial charge in [-0.25, -0.2) is 22.7 Å². The second-order valence-corrected chi connectivity index (χ2v) is 10.3. The summed E-state index contributed by atoms with van der Waals surface area (Å²) in [6, 6.07) is 9.00. The Kier molecular flexibility index (Phi) is 7.39. The van der Waals surface area contributed by atoms with Gasteiger partial charge in [0.05, 0.1) is 22.7 Å². The molecule has 1 aromatic heterocycles. The zero-order chi connectivity index (χ0) is 26.9. The van der Waals surface area contributed by atoms with Crippen molar-refractivity contribution in [2.45, 2.75) is 62.8 Å². The van der Waals surface area contributed by atoms with Crippen LogP contribution >= 0.6 is 0 Å². The molecule has 0 radical (unpaired) electrons. The van der Waals surface area contributed by atoms with Crippen molar-refractivity contribution in [2.75, 3.05) is 25.0 Å². The first-order valence-electron chi connectivity index (χ1n) is 13.0. The molecule has 0 spiro atoms. The highest BCUT2D eigenvalue weighted by Crippen LogP contribution is 2.38. The summed E-state index contributed by atoms with van der Waals surface area (Å²) in [5.74, 6) is -3.88. The Morgan fingerprint density at radius 3 is 2.47 bits per heavy atom. The van der Waals surface area contributed by atoms with Gasteiger partial charge >= 0.3 is 0 Å². The maximum atomic E-state index is 14.4. The Morgan fingerprint density at radius 1 is 1.05 bits per heavy atom. The second-order valence-electron chi connectivity index (χ2n) is 10.3. The van der Waals surface area contributed by atoms with Gasteiger partial charge in [0.2, 0.25) is 5.92 Å². The largest absolute Gasteiger partial charge is 0.383 e. The van der Waals surface area contributed by atoms with Gasteiger partial charge in [0.1, 0.15) is 11.6 Å². The number of alkyl halides is 2. The third-order valence-electron chi connectivity index (χ3n) is 7.81. The quantitative estimate of drug-likeness (QED) is 0.419. The number of piperidine rings is 1. The summed E-state index contributed by atoms with van der Waals surface area (Å²) in [6.45, 7) is 2.57. The summed E-state index contributed by atoms with van der Waals surface area (Å²) in [4.78, 5) is 14.4. The van der Waals surface area contributed by atoms with Gasteiger partial charge in [-0.3, -0.25) is 4.79 Å². The first-order valence-corrected chi connectivity index (χ1v) is 13.0. The van der Waals surface area contributed by atoms with Gasteiger partial charge in [0.25, 0.3) is 5.56 Å². The van der Waals surface area contributed by atoms with Crippen molar-refractivity contribution in [3.8, 4) is 6.07 Å². The number of aromatic nitrogens is 2. The maximum Gasteiger partial charge on any atom is 0.272 e. The van der Waals surface area contributed by atoms with E-state index in [-0.39, 0.29) is 23.8 Å². The molecule has 6 nitrogen and oxygen atoms in total. The van der Waals surface area contributed by atoms with Crippen molar-refractivity contribution in [3.05, 3.63) is 69.1 Å². The molecule has 3 aliphatic rings. The van der Waals surface area contributed by atoms with Crippen LogP contribution in [-0.2, 0) is 0 Å². The van der Waals surface area contributed by atoms with Crippen LogP contribution in [0.4, 0.5) is 23.2 Å². The van der Waals surface area contributed by atoms with Crippen LogP contribution in [0.5, 0.6) is 0 Å². The number of hydrogen-bond acceptors (Lipinski definition) is 5. The molecule has 0 amide bonds. The zero-order valence-corrected chi connectivity index (χ0v) is 20.9. The summed E-state index contributed by atoms with van der Waals surface area (Å²) >= 11 is 0. The van der Waals surface area contributed by atoms with Gasteiger partial charge in [0, 0.05) is 42.4 Å². The Balaban J connectivity index is 0.000000179. The molecule has 1 saturated carbocycles. The minimum Gasteiger partial charge on any atom is -0.383 e. The molecular weight excluding hydrogens is 498 g/mol. The molecule has 2 aromatic carbocycles. The zero-order valence-electron chi connectivity index (χ0n) is 20.9. The lowest BCUT2D eigenvalue weighted by Crippen LogP contribution is -2.43. The number of anilines is 1. The van der Waals surface area contributed by atoms with E-state index in [1.807, 2.05) is 6.07 Å². The van der Waals surface area contributed by atoms with Crippen LogP contribution in [0.1, 0.15) is 67.7 Å². The number of halogens is 4. The predicted octanol–water partition coefficient (Wildman–Crippen LogP) is 5.68. The van der Waals surface area contributed by atoms with Crippen molar-refractivity contribution in [2.24, 2.45) is 0 Å². The van der Waals surface area contributed by atoms with Gasteiger partial charge in [-0.2, -0.15) is 10.4 Å². The minimum absolute atomic E-state index is 0.105. The SMILES string of the molecule is FC1(F)CCC(N2CCCCC2)CC1.N#Cc1ccc(C2CNc3cc(F)cc4c(=O)[nH]nc2c34)c(F)c1. The van der Waals surface area contributed by atoms with Crippen LogP contribution in [0.25, 0.3) is 10.8 Å². The standard InChI is InChI=1S/C17H10F2N4O.C11H19F2N/c18-9-4-11-15-14(5-9)21-7-12(16(15)22-23-17(11)24)10-2-1-8(6-20)3-13(10)19;12-11(13)6-4-10(5-7-11)14-8-2-1-3-9-14/h1-5,12,21H,7H2,(H,23,24);10H,1-9H2. The predicted molar refractivity (Wildman–Crippen MR) is 136 cm³/mol. The molecule has 10 heteroatoms. The fourth-order valence-electron chi connectivity index (χ4n) is 5.80. The number of likely N-dealkylation sites (tertiary alicyclic amines) is 1. The summed E-state index contributed by atoms with van der Waals surface area (Å²) in [5.41, 5.74) is 1.02. The second kappa shape index (κ2) is 10.7. The van der Waals surface area contributed by atoms with Crippen molar-refractivity contribution in [1.29, 1.82) is 5.26 Å². The van der Waals surface area contributed by atoms with E-state index >= 15 is 0 Å². The van der Waals surface area contributed by atoms with Crippen molar-refractivity contribution < 1.29 is 17.6 Å². The third kappa shape index (κ3) is 5.39. The fraction of sp³-hybridized carbons (Fsp3) is 0.464. The van der Waals surface area contributed by atoms with Gasteiger partial charge in [-0.1, -0.05) is 12.5 Å². The van der Waals surface area contributed by atoms with E-state index in [0.717, 1.165) is 19.2 Å². The van der Waals surface area contributed by atoms with Crippen LogP contribution < -0.4 is 10.9 Å². The number of rotatable bonds is 2. The smallest absolute Gasteiger partial charge is 0.272 e. The number of hydrogen-bond donors (Lipinski definition) is 2. The fourth-order valence-corrected chi connectivity index (χ4v) is 5.80. The van der Waals surface area contributed by atoms with E-state index in [1.165, 1.54) is 43.5 Å². The van der Waals surface area contributed by atoms with E-state index < -0.39 is 29.0 Å². The number of nitrogens with zero attached hydrogens (tertiary/aromatic N) is 3. The number of nitrogens with one attached hydrogen (secondary N) is 2. The van der Waals surface area contributed by atoms with Crippen LogP contribution in [0.3, 0.4) is 0 Å². The summed E-state index contributed by atoms with van der Waals surface area (Å²) in [6.07, 6.45) is 5.45. The lowest BCUT2D eigenvalue weighted by Gasteiger charge is -2.38.